The maximum absolute atomic E-state index is 12.0. The van der Waals surface area contributed by atoms with E-state index in [0.29, 0.717) is 27.7 Å². The summed E-state index contributed by atoms with van der Waals surface area (Å²) < 4.78 is 5.14. The number of hydrogen-bond donors (Lipinski definition) is 2. The number of hydrogen-bond acceptors (Lipinski definition) is 3. The summed E-state index contributed by atoms with van der Waals surface area (Å²) in [5.41, 5.74) is 1.25. The van der Waals surface area contributed by atoms with Crippen LogP contribution >= 0.6 is 11.6 Å². The minimum Gasteiger partial charge on any atom is -0.495 e. The number of carbonyl (C=O) groups excluding carboxylic acids is 1. The number of rotatable bonds is 3. The lowest BCUT2D eigenvalue weighted by Gasteiger charge is -2.12. The fourth-order valence-electron chi connectivity index (χ4n) is 1.74. The van der Waals surface area contributed by atoms with Crippen LogP contribution in [0.1, 0.15) is 5.56 Å². The molecule has 6 heteroatoms. The molecule has 2 N–H and O–H groups in total. The molecule has 106 valence electrons. The largest absolute Gasteiger partial charge is 0.495 e. The van der Waals surface area contributed by atoms with Crippen LogP contribution in [0.5, 0.6) is 5.75 Å². The molecule has 0 aliphatic carbocycles. The fraction of sp³-hybridized carbons (Fsp3) is 0.0667. The molecular formula is C15H12ClN3O2. The lowest BCUT2D eigenvalue weighted by molar-refractivity contribution is 0.262. The van der Waals surface area contributed by atoms with E-state index in [1.807, 2.05) is 6.07 Å². The summed E-state index contributed by atoms with van der Waals surface area (Å²) in [6.07, 6.45) is 0. The molecular weight excluding hydrogens is 290 g/mol. The van der Waals surface area contributed by atoms with E-state index in [2.05, 4.69) is 10.6 Å². The number of carbonyl (C=O) groups is 1. The van der Waals surface area contributed by atoms with Crippen molar-refractivity contribution in [3.8, 4) is 11.8 Å². The third-order valence-corrected chi connectivity index (χ3v) is 2.94. The van der Waals surface area contributed by atoms with E-state index in [1.165, 1.54) is 7.11 Å². The maximum Gasteiger partial charge on any atom is 0.323 e. The lowest BCUT2D eigenvalue weighted by Crippen LogP contribution is -2.20. The highest BCUT2D eigenvalue weighted by atomic mass is 35.5. The number of anilines is 2. The second-order valence-corrected chi connectivity index (χ2v) is 4.52. The number of halogens is 1. The van der Waals surface area contributed by atoms with Gasteiger partial charge in [0, 0.05) is 5.02 Å². The topological polar surface area (TPSA) is 74.2 Å². The Labute approximate surface area is 127 Å². The summed E-state index contributed by atoms with van der Waals surface area (Å²) in [5, 5.41) is 14.7. The van der Waals surface area contributed by atoms with Gasteiger partial charge in [-0.05, 0) is 30.3 Å². The van der Waals surface area contributed by atoms with Crippen molar-refractivity contribution in [3.05, 3.63) is 53.1 Å². The third-order valence-electron chi connectivity index (χ3n) is 2.71. The van der Waals surface area contributed by atoms with Crippen molar-refractivity contribution >= 4 is 29.0 Å². The molecule has 0 bridgehead atoms. The summed E-state index contributed by atoms with van der Waals surface area (Å²) in [6, 6.07) is 13.1. The summed E-state index contributed by atoms with van der Waals surface area (Å²) in [6.45, 7) is 0. The van der Waals surface area contributed by atoms with E-state index < -0.39 is 6.03 Å². The van der Waals surface area contributed by atoms with E-state index in [1.54, 1.807) is 42.5 Å². The Hall–Kier alpha value is -2.71. The van der Waals surface area contributed by atoms with Crippen molar-refractivity contribution in [2.75, 3.05) is 17.7 Å². The monoisotopic (exact) mass is 301 g/mol. The Kier molecular flexibility index (Phi) is 4.64. The summed E-state index contributed by atoms with van der Waals surface area (Å²) >= 11 is 5.89. The standard InChI is InChI=1S/C15H12ClN3O2/c1-21-14-7-6-11(16)8-13(14)19-15(20)18-12-5-3-2-4-10(12)9-17/h2-8H,1H3,(H2,18,19,20). The normalized spacial score (nSPS) is 9.57. The first-order valence-electron chi connectivity index (χ1n) is 6.04. The van der Waals surface area contributed by atoms with Gasteiger partial charge in [0.25, 0.3) is 0 Å². The van der Waals surface area contributed by atoms with Crippen LogP contribution in [0, 0.1) is 11.3 Å². The van der Waals surface area contributed by atoms with Gasteiger partial charge in [0.2, 0.25) is 0 Å². The van der Waals surface area contributed by atoms with Crippen LogP contribution in [-0.4, -0.2) is 13.1 Å². The zero-order valence-corrected chi connectivity index (χ0v) is 11.9. The number of amides is 2. The van der Waals surface area contributed by atoms with Gasteiger partial charge in [-0.25, -0.2) is 4.79 Å². The molecule has 2 amide bonds. The molecule has 0 heterocycles. The highest BCUT2D eigenvalue weighted by molar-refractivity contribution is 6.31. The molecule has 2 aromatic carbocycles. The number of ether oxygens (including phenoxy) is 1. The van der Waals surface area contributed by atoms with Gasteiger partial charge in [-0.1, -0.05) is 23.7 Å². The maximum atomic E-state index is 12.0. The van der Waals surface area contributed by atoms with E-state index in [-0.39, 0.29) is 0 Å². The zero-order valence-electron chi connectivity index (χ0n) is 11.2. The molecule has 0 aromatic heterocycles. The number of para-hydroxylation sites is 1. The van der Waals surface area contributed by atoms with Crippen LogP contribution in [0.25, 0.3) is 0 Å². The average molecular weight is 302 g/mol. The van der Waals surface area contributed by atoms with Crippen molar-refractivity contribution in [2.24, 2.45) is 0 Å². The van der Waals surface area contributed by atoms with E-state index in [0.717, 1.165) is 0 Å². The van der Waals surface area contributed by atoms with Gasteiger partial charge in [0.15, 0.2) is 0 Å². The number of nitriles is 1. The Morgan fingerprint density at radius 2 is 1.90 bits per heavy atom. The molecule has 0 saturated carbocycles. The minimum absolute atomic E-state index is 0.380. The van der Waals surface area contributed by atoms with Gasteiger partial charge < -0.3 is 15.4 Å². The van der Waals surface area contributed by atoms with Crippen molar-refractivity contribution in [1.29, 1.82) is 5.26 Å². The molecule has 0 atom stereocenters. The van der Waals surface area contributed by atoms with Crippen molar-refractivity contribution in [1.82, 2.24) is 0 Å². The number of nitrogens with one attached hydrogen (secondary N) is 2. The summed E-state index contributed by atoms with van der Waals surface area (Å²) in [7, 11) is 1.50. The van der Waals surface area contributed by atoms with Gasteiger partial charge in [-0.15, -0.1) is 0 Å². The van der Waals surface area contributed by atoms with Gasteiger partial charge in [0.05, 0.1) is 24.0 Å². The number of urea groups is 1. The molecule has 0 aliphatic rings. The van der Waals surface area contributed by atoms with E-state index >= 15 is 0 Å². The molecule has 0 saturated heterocycles. The summed E-state index contributed by atoms with van der Waals surface area (Å²) in [4.78, 5) is 12.0. The smallest absolute Gasteiger partial charge is 0.323 e. The Bertz CT molecular complexity index is 710. The number of methoxy groups -OCH3 is 1. The second kappa shape index (κ2) is 6.64. The first-order chi connectivity index (χ1) is 10.1. The van der Waals surface area contributed by atoms with Gasteiger partial charge >= 0.3 is 6.03 Å². The molecule has 0 fully saturated rings. The van der Waals surface area contributed by atoms with Crippen molar-refractivity contribution < 1.29 is 9.53 Å². The predicted molar refractivity (Wildman–Crippen MR) is 81.8 cm³/mol. The van der Waals surface area contributed by atoms with Gasteiger partial charge in [-0.2, -0.15) is 5.26 Å². The van der Waals surface area contributed by atoms with Crippen LogP contribution in [0.2, 0.25) is 5.02 Å². The molecule has 5 nitrogen and oxygen atoms in total. The predicted octanol–water partition coefficient (Wildman–Crippen LogP) is 3.86. The van der Waals surface area contributed by atoms with Crippen molar-refractivity contribution in [2.45, 2.75) is 0 Å². The van der Waals surface area contributed by atoms with Crippen LogP contribution < -0.4 is 15.4 Å². The Balaban J connectivity index is 2.16. The molecule has 21 heavy (non-hydrogen) atoms. The van der Waals surface area contributed by atoms with Crippen LogP contribution in [0.4, 0.5) is 16.2 Å². The molecule has 0 unspecified atom stereocenters. The average Bonchev–Trinajstić information content (AvgIpc) is 2.48. The van der Waals surface area contributed by atoms with Crippen LogP contribution in [0.3, 0.4) is 0 Å². The Morgan fingerprint density at radius 1 is 1.19 bits per heavy atom. The number of benzene rings is 2. The first kappa shape index (κ1) is 14.7. The van der Waals surface area contributed by atoms with E-state index in [9.17, 15) is 4.79 Å². The number of nitrogens with zero attached hydrogens (tertiary/aromatic N) is 1. The highest BCUT2D eigenvalue weighted by Crippen LogP contribution is 2.27. The van der Waals surface area contributed by atoms with Gasteiger partial charge in [-0.3, -0.25) is 0 Å². The summed E-state index contributed by atoms with van der Waals surface area (Å²) in [5.74, 6) is 0.489. The zero-order chi connectivity index (χ0) is 15.2. The molecule has 0 aliphatic heterocycles. The molecule has 2 rings (SSSR count). The second-order valence-electron chi connectivity index (χ2n) is 4.08. The van der Waals surface area contributed by atoms with Crippen LogP contribution in [-0.2, 0) is 0 Å². The SMILES string of the molecule is COc1ccc(Cl)cc1NC(=O)Nc1ccccc1C#N. The quantitative estimate of drug-likeness (QED) is 0.904. The lowest BCUT2D eigenvalue weighted by atomic mass is 10.2. The van der Waals surface area contributed by atoms with Gasteiger partial charge in [0.1, 0.15) is 11.8 Å². The molecule has 0 radical (unpaired) electrons. The fourth-order valence-corrected chi connectivity index (χ4v) is 1.92. The van der Waals surface area contributed by atoms with Crippen molar-refractivity contribution in [3.63, 3.8) is 0 Å². The Morgan fingerprint density at radius 3 is 2.62 bits per heavy atom. The third kappa shape index (κ3) is 3.65. The van der Waals surface area contributed by atoms with Crippen LogP contribution in [0.15, 0.2) is 42.5 Å². The minimum atomic E-state index is -0.488. The first-order valence-corrected chi connectivity index (χ1v) is 6.42. The van der Waals surface area contributed by atoms with E-state index in [4.69, 9.17) is 21.6 Å². The molecule has 0 spiro atoms. The highest BCUT2D eigenvalue weighted by Gasteiger charge is 2.10. The molecule has 2 aromatic rings.